The van der Waals surface area contributed by atoms with E-state index in [0.717, 1.165) is 55.9 Å². The number of hydrogen-bond acceptors (Lipinski definition) is 6. The fourth-order valence-corrected chi connectivity index (χ4v) is 3.80. The van der Waals surface area contributed by atoms with Gasteiger partial charge in [-0.25, -0.2) is 0 Å². The van der Waals surface area contributed by atoms with Crippen LogP contribution in [0.4, 0.5) is 11.4 Å². The minimum absolute atomic E-state index is 0.252. The Hall–Kier alpha value is -2.73. The predicted octanol–water partition coefficient (Wildman–Crippen LogP) is 2.86. The maximum absolute atomic E-state index is 11.0. The average molecular weight is 412 g/mol. The number of carboxylic acids is 1. The molecule has 0 amide bonds. The van der Waals surface area contributed by atoms with Crippen LogP contribution in [0, 0.1) is 0 Å². The fourth-order valence-electron chi connectivity index (χ4n) is 3.80. The molecule has 2 atom stereocenters. The highest BCUT2D eigenvalue weighted by molar-refractivity contribution is 5.70. The van der Waals surface area contributed by atoms with E-state index in [2.05, 4.69) is 35.3 Å². The van der Waals surface area contributed by atoms with E-state index in [1.165, 1.54) is 12.8 Å². The molecule has 1 aliphatic rings. The summed E-state index contributed by atoms with van der Waals surface area (Å²) in [6.45, 7) is 4.94. The van der Waals surface area contributed by atoms with Gasteiger partial charge in [-0.1, -0.05) is 37.6 Å². The van der Waals surface area contributed by atoms with E-state index in [4.69, 9.17) is 9.47 Å². The Morgan fingerprint density at radius 2 is 2.03 bits per heavy atom. The highest BCUT2D eigenvalue weighted by Gasteiger charge is 2.24. The second kappa shape index (κ2) is 10.9. The summed E-state index contributed by atoms with van der Waals surface area (Å²) in [5.41, 5.74) is 3.10. The van der Waals surface area contributed by atoms with Crippen molar-refractivity contribution in [3.05, 3.63) is 54.1 Å². The predicted molar refractivity (Wildman–Crippen MR) is 117 cm³/mol. The molecule has 0 bridgehead atoms. The normalized spacial score (nSPS) is 16.5. The van der Waals surface area contributed by atoms with Crippen molar-refractivity contribution >= 4 is 17.3 Å². The van der Waals surface area contributed by atoms with Crippen LogP contribution in [-0.2, 0) is 16.0 Å². The van der Waals surface area contributed by atoms with Gasteiger partial charge in [-0.3, -0.25) is 0 Å². The summed E-state index contributed by atoms with van der Waals surface area (Å²) in [5, 5.41) is 14.4. The van der Waals surface area contributed by atoms with Crippen molar-refractivity contribution in [3.8, 4) is 5.75 Å². The molecule has 162 valence electrons. The van der Waals surface area contributed by atoms with Gasteiger partial charge in [-0.2, -0.15) is 0 Å². The third-order valence-corrected chi connectivity index (χ3v) is 5.39. The first-order valence-electron chi connectivity index (χ1n) is 10.7. The third kappa shape index (κ3) is 5.89. The van der Waals surface area contributed by atoms with Gasteiger partial charge in [0.15, 0.2) is 0 Å². The molecule has 0 aromatic heterocycles. The number of ether oxygens (including phenoxy) is 2. The first-order chi connectivity index (χ1) is 14.6. The molecule has 0 fully saturated rings. The standard InChI is InChI=1S/C24H32N2O4/c1-3-7-20-17-26(21-8-4-5-9-22(21)30-20)15-6-14-25-19-12-10-18(11-13-19)16-23(29-2)24(27)28/h4-5,8-13,20,23,25H,3,6-7,14-17H2,1-2H3,(H,27,28)/p-1/t20?,23-/m0/s1. The van der Waals surface area contributed by atoms with Crippen molar-refractivity contribution in [2.75, 3.05) is 37.0 Å². The summed E-state index contributed by atoms with van der Waals surface area (Å²) in [6.07, 6.45) is 2.82. The molecule has 1 aliphatic heterocycles. The molecule has 6 nitrogen and oxygen atoms in total. The Balaban J connectivity index is 1.48. The Morgan fingerprint density at radius 1 is 1.27 bits per heavy atom. The van der Waals surface area contributed by atoms with Crippen molar-refractivity contribution in [3.63, 3.8) is 0 Å². The number of carbonyl (C=O) groups excluding carboxylic acids is 1. The van der Waals surface area contributed by atoms with Gasteiger partial charge in [-0.05, 0) is 42.7 Å². The number of rotatable bonds is 11. The molecule has 1 N–H and O–H groups in total. The number of benzene rings is 2. The zero-order valence-corrected chi connectivity index (χ0v) is 17.8. The molecule has 0 aliphatic carbocycles. The van der Waals surface area contributed by atoms with Gasteiger partial charge in [0, 0.05) is 32.3 Å². The van der Waals surface area contributed by atoms with Gasteiger partial charge in [0.2, 0.25) is 0 Å². The van der Waals surface area contributed by atoms with Crippen molar-refractivity contribution in [2.24, 2.45) is 0 Å². The van der Waals surface area contributed by atoms with E-state index in [1.54, 1.807) is 0 Å². The zero-order chi connectivity index (χ0) is 21.3. The van der Waals surface area contributed by atoms with E-state index in [0.29, 0.717) is 6.42 Å². The lowest BCUT2D eigenvalue weighted by Crippen LogP contribution is -2.40. The molecular formula is C24H31N2O4-. The number of nitrogens with zero attached hydrogens (tertiary/aromatic N) is 1. The van der Waals surface area contributed by atoms with Gasteiger partial charge in [-0.15, -0.1) is 0 Å². The van der Waals surface area contributed by atoms with Crippen LogP contribution in [0.1, 0.15) is 31.7 Å². The topological polar surface area (TPSA) is 73.9 Å². The lowest BCUT2D eigenvalue weighted by Gasteiger charge is -2.36. The van der Waals surface area contributed by atoms with Crippen LogP contribution >= 0.6 is 0 Å². The largest absolute Gasteiger partial charge is 0.547 e. The molecule has 0 spiro atoms. The van der Waals surface area contributed by atoms with Gasteiger partial charge in [0.05, 0.1) is 18.2 Å². The Labute approximate surface area is 178 Å². The van der Waals surface area contributed by atoms with Crippen LogP contribution in [-0.4, -0.2) is 44.9 Å². The maximum Gasteiger partial charge on any atom is 0.143 e. The molecular weight excluding hydrogens is 380 g/mol. The molecule has 2 aromatic rings. The Bertz CT molecular complexity index is 809. The second-order valence-electron chi connectivity index (χ2n) is 7.67. The number of methoxy groups -OCH3 is 1. The molecule has 30 heavy (non-hydrogen) atoms. The molecule has 0 saturated heterocycles. The Morgan fingerprint density at radius 3 is 2.73 bits per heavy atom. The van der Waals surface area contributed by atoms with Crippen LogP contribution in [0.15, 0.2) is 48.5 Å². The molecule has 3 rings (SSSR count). The number of aliphatic carboxylic acids is 1. The molecule has 0 saturated carbocycles. The number of hydrogen-bond donors (Lipinski definition) is 1. The summed E-state index contributed by atoms with van der Waals surface area (Å²) < 4.78 is 11.1. The van der Waals surface area contributed by atoms with Gasteiger partial charge in [0.25, 0.3) is 0 Å². The van der Waals surface area contributed by atoms with Crippen LogP contribution in [0.5, 0.6) is 5.75 Å². The SMILES string of the molecule is CCCC1CN(CCCNc2ccc(C[C@H](OC)C(=O)[O-])cc2)c2ccccc2O1. The minimum atomic E-state index is -1.19. The number of fused-ring (bicyclic) bond motifs is 1. The van der Waals surface area contributed by atoms with E-state index < -0.39 is 12.1 Å². The van der Waals surface area contributed by atoms with Gasteiger partial charge >= 0.3 is 0 Å². The smallest absolute Gasteiger partial charge is 0.143 e. The van der Waals surface area contributed by atoms with Crippen molar-refractivity contribution < 1.29 is 19.4 Å². The van der Waals surface area contributed by atoms with Crippen LogP contribution in [0.25, 0.3) is 0 Å². The number of nitrogens with one attached hydrogen (secondary N) is 1. The van der Waals surface area contributed by atoms with E-state index >= 15 is 0 Å². The molecule has 1 heterocycles. The lowest BCUT2D eigenvalue weighted by molar-refractivity contribution is -0.315. The maximum atomic E-state index is 11.0. The van der Waals surface area contributed by atoms with Crippen molar-refractivity contribution in [1.82, 2.24) is 0 Å². The molecule has 2 aromatic carbocycles. The molecule has 6 heteroatoms. The van der Waals surface area contributed by atoms with Crippen LogP contribution in [0.2, 0.25) is 0 Å². The first-order valence-corrected chi connectivity index (χ1v) is 10.7. The quantitative estimate of drug-likeness (QED) is 0.573. The summed E-state index contributed by atoms with van der Waals surface area (Å²) in [4.78, 5) is 13.4. The monoisotopic (exact) mass is 411 g/mol. The van der Waals surface area contributed by atoms with Crippen molar-refractivity contribution in [2.45, 2.75) is 44.8 Å². The lowest BCUT2D eigenvalue weighted by atomic mass is 10.1. The van der Waals surface area contributed by atoms with Crippen molar-refractivity contribution in [1.29, 1.82) is 0 Å². The number of para-hydroxylation sites is 2. The summed E-state index contributed by atoms with van der Waals surface area (Å²) in [5.74, 6) is -0.206. The van der Waals surface area contributed by atoms with Crippen LogP contribution in [0.3, 0.4) is 0 Å². The second-order valence-corrected chi connectivity index (χ2v) is 7.67. The van der Waals surface area contributed by atoms with E-state index in [-0.39, 0.29) is 6.10 Å². The highest BCUT2D eigenvalue weighted by atomic mass is 16.5. The zero-order valence-electron chi connectivity index (χ0n) is 17.8. The fraction of sp³-hybridized carbons (Fsp3) is 0.458. The highest BCUT2D eigenvalue weighted by Crippen LogP contribution is 2.34. The molecule has 1 unspecified atom stereocenters. The van der Waals surface area contributed by atoms with Crippen LogP contribution < -0.4 is 20.1 Å². The number of carbonyl (C=O) groups is 1. The minimum Gasteiger partial charge on any atom is -0.547 e. The molecule has 0 radical (unpaired) electrons. The Kier molecular flexibility index (Phi) is 7.97. The van der Waals surface area contributed by atoms with Gasteiger partial charge < -0.3 is 29.6 Å². The number of anilines is 2. The third-order valence-electron chi connectivity index (χ3n) is 5.39. The first kappa shape index (κ1) is 22.0. The summed E-state index contributed by atoms with van der Waals surface area (Å²) in [7, 11) is 1.38. The van der Waals surface area contributed by atoms with Gasteiger partial charge in [0.1, 0.15) is 18.0 Å². The van der Waals surface area contributed by atoms with E-state index in [1.807, 2.05) is 30.3 Å². The number of carboxylic acid groups (broad SMARTS) is 1. The summed E-state index contributed by atoms with van der Waals surface area (Å²) >= 11 is 0. The average Bonchev–Trinajstić information content (AvgIpc) is 2.76. The summed E-state index contributed by atoms with van der Waals surface area (Å²) in [6, 6.07) is 16.1. The van der Waals surface area contributed by atoms with E-state index in [9.17, 15) is 9.90 Å².